The Kier molecular flexibility index (Phi) is 7.89. The second kappa shape index (κ2) is 10.6. The average molecular weight is 547 g/mol. The molecule has 1 N–H and O–H groups in total. The summed E-state index contributed by atoms with van der Waals surface area (Å²) in [5.41, 5.74) is -3.67. The lowest BCUT2D eigenvalue weighted by Crippen LogP contribution is -2.39. The third kappa shape index (κ3) is 5.73. The molecule has 0 saturated heterocycles. The molecule has 0 bridgehead atoms. The Hall–Kier alpha value is -3.96. The highest BCUT2D eigenvalue weighted by atomic mass is 35.5. The van der Waals surface area contributed by atoms with Crippen LogP contribution < -0.4 is 19.8 Å². The minimum absolute atomic E-state index is 0.0128. The van der Waals surface area contributed by atoms with Crippen molar-refractivity contribution in [2.45, 2.75) is 25.6 Å². The van der Waals surface area contributed by atoms with Gasteiger partial charge in [-0.25, -0.2) is 4.98 Å². The van der Waals surface area contributed by atoms with Crippen molar-refractivity contribution in [2.24, 2.45) is 0 Å². The molecule has 0 radical (unpaired) electrons. The van der Waals surface area contributed by atoms with Gasteiger partial charge in [0, 0.05) is 16.7 Å². The van der Waals surface area contributed by atoms with E-state index in [9.17, 15) is 37.2 Å². The van der Waals surface area contributed by atoms with E-state index < -0.39 is 41.4 Å². The summed E-state index contributed by atoms with van der Waals surface area (Å²) in [6, 6.07) is 6.53. The molecule has 0 aliphatic heterocycles. The zero-order valence-corrected chi connectivity index (χ0v) is 19.5. The van der Waals surface area contributed by atoms with Crippen molar-refractivity contribution in [3.05, 3.63) is 79.9 Å². The maximum atomic E-state index is 14.3. The molecule has 196 valence electrons. The number of pyridine rings is 1. The predicted octanol–water partition coefficient (Wildman–Crippen LogP) is 3.58. The van der Waals surface area contributed by atoms with Gasteiger partial charge >= 0.3 is 12.1 Å². The van der Waals surface area contributed by atoms with E-state index in [1.807, 2.05) is 0 Å². The molecule has 3 aromatic rings. The molecule has 9 nitrogen and oxygen atoms in total. The Bertz CT molecular complexity index is 1420. The number of benzene rings is 1. The first-order valence-corrected chi connectivity index (χ1v) is 10.6. The smallest absolute Gasteiger partial charge is 0.459 e. The lowest BCUT2D eigenvalue weighted by molar-refractivity contribution is -0.614. The van der Waals surface area contributed by atoms with Crippen molar-refractivity contribution in [3.8, 4) is 23.3 Å². The fourth-order valence-corrected chi connectivity index (χ4v) is 3.27. The highest BCUT2D eigenvalue weighted by Gasteiger charge is 2.62. The van der Waals surface area contributed by atoms with Crippen molar-refractivity contribution in [1.82, 2.24) is 9.55 Å². The van der Waals surface area contributed by atoms with Crippen LogP contribution in [0.3, 0.4) is 0 Å². The topological polar surface area (TPSA) is 124 Å². The Balaban J connectivity index is 2.14. The van der Waals surface area contributed by atoms with Crippen LogP contribution in [0.2, 0.25) is 5.02 Å². The van der Waals surface area contributed by atoms with Crippen molar-refractivity contribution in [1.29, 1.82) is 5.26 Å². The van der Waals surface area contributed by atoms with E-state index >= 15 is 0 Å². The number of hydrogen-bond acceptors (Lipinski definition) is 7. The van der Waals surface area contributed by atoms with Gasteiger partial charge in [0.2, 0.25) is 17.6 Å². The number of hydrogen-bond donors (Lipinski definition) is 1. The summed E-state index contributed by atoms with van der Waals surface area (Å²) < 4.78 is 79.3. The van der Waals surface area contributed by atoms with E-state index in [2.05, 4.69) is 4.98 Å². The van der Waals surface area contributed by atoms with Crippen LogP contribution in [0.25, 0.3) is 0 Å². The van der Waals surface area contributed by atoms with Crippen LogP contribution in [-0.2, 0) is 12.5 Å². The van der Waals surface area contributed by atoms with E-state index in [0.29, 0.717) is 10.9 Å². The fraction of sp³-hybridized carbons (Fsp3) is 0.273. The maximum absolute atomic E-state index is 14.3. The Morgan fingerprint density at radius 3 is 2.57 bits per heavy atom. The van der Waals surface area contributed by atoms with Gasteiger partial charge in [0.05, 0.1) is 24.6 Å². The molecule has 0 aliphatic carbocycles. The van der Waals surface area contributed by atoms with Crippen LogP contribution in [0.5, 0.6) is 17.2 Å². The van der Waals surface area contributed by atoms with Crippen molar-refractivity contribution < 1.29 is 41.3 Å². The molecule has 1 aromatic carbocycles. The highest BCUT2D eigenvalue weighted by molar-refractivity contribution is 6.30. The van der Waals surface area contributed by atoms with E-state index in [1.54, 1.807) is 6.07 Å². The van der Waals surface area contributed by atoms with Crippen LogP contribution in [0.1, 0.15) is 22.5 Å². The molecular formula is C22H16ClF5N4O5. The first kappa shape index (κ1) is 27.6. The molecule has 0 unspecified atom stereocenters. The quantitative estimate of drug-likeness (QED) is 0.260. The van der Waals surface area contributed by atoms with Gasteiger partial charge in [0.15, 0.2) is 11.4 Å². The van der Waals surface area contributed by atoms with Gasteiger partial charge in [-0.2, -0.15) is 31.9 Å². The van der Waals surface area contributed by atoms with Gasteiger partial charge in [-0.1, -0.05) is 11.6 Å². The van der Waals surface area contributed by atoms with Crippen molar-refractivity contribution >= 4 is 11.6 Å². The van der Waals surface area contributed by atoms with Gasteiger partial charge in [0.25, 0.3) is 5.56 Å². The third-order valence-corrected chi connectivity index (χ3v) is 5.19. The number of ether oxygens (including phenoxy) is 2. The molecule has 0 fully saturated rings. The van der Waals surface area contributed by atoms with Crippen LogP contribution in [0.15, 0.2) is 41.6 Å². The number of aromatic nitrogens is 3. The third-order valence-electron chi connectivity index (χ3n) is 4.97. The van der Waals surface area contributed by atoms with Gasteiger partial charge in [-0.05, 0) is 25.1 Å². The van der Waals surface area contributed by atoms with Crippen LogP contribution in [0.4, 0.5) is 22.0 Å². The standard InChI is InChI=1S/C22H16ClF5N4O5/c1-12-13(8-29)6-14(23)7-17(12)37-18-19(21(24,25)22(26,27)28)30-11-31(20(18)34)9-15-2-3-16(10-32(15)35)36-5-4-33/h2-3,6-7,10-11,33H,4-5,9H2,1H3. The van der Waals surface area contributed by atoms with E-state index in [0.717, 1.165) is 12.3 Å². The summed E-state index contributed by atoms with van der Waals surface area (Å²) in [5.74, 6) is -7.41. The summed E-state index contributed by atoms with van der Waals surface area (Å²) in [7, 11) is 0. The number of alkyl halides is 5. The van der Waals surface area contributed by atoms with Gasteiger partial charge in [0.1, 0.15) is 18.9 Å². The van der Waals surface area contributed by atoms with Gasteiger partial charge in [-0.15, -0.1) is 0 Å². The zero-order chi connectivity index (χ0) is 27.5. The molecule has 0 aliphatic rings. The fourth-order valence-electron chi connectivity index (χ4n) is 3.06. The zero-order valence-electron chi connectivity index (χ0n) is 18.7. The Morgan fingerprint density at radius 2 is 1.97 bits per heavy atom. The van der Waals surface area contributed by atoms with E-state index in [1.165, 1.54) is 25.1 Å². The summed E-state index contributed by atoms with van der Waals surface area (Å²) >= 11 is 5.89. The number of nitriles is 1. The van der Waals surface area contributed by atoms with Gasteiger partial charge in [-0.3, -0.25) is 9.36 Å². The first-order valence-electron chi connectivity index (χ1n) is 10.2. The number of nitrogens with zero attached hydrogens (tertiary/aromatic N) is 4. The van der Waals surface area contributed by atoms with Crippen LogP contribution >= 0.6 is 11.6 Å². The minimum atomic E-state index is -6.12. The molecule has 3 rings (SSSR count). The van der Waals surface area contributed by atoms with Crippen molar-refractivity contribution in [3.63, 3.8) is 0 Å². The summed E-state index contributed by atoms with van der Waals surface area (Å²) in [6.07, 6.45) is -4.74. The number of halogens is 6. The van der Waals surface area contributed by atoms with Crippen molar-refractivity contribution in [2.75, 3.05) is 13.2 Å². The normalized spacial score (nSPS) is 11.8. The summed E-state index contributed by atoms with van der Waals surface area (Å²) in [6.45, 7) is 0.291. The largest absolute Gasteiger partial charge is 0.618 e. The summed E-state index contributed by atoms with van der Waals surface area (Å²) in [4.78, 5) is 16.2. The van der Waals surface area contributed by atoms with E-state index in [4.69, 9.17) is 26.2 Å². The Labute approximate surface area is 210 Å². The SMILES string of the molecule is Cc1c(C#N)cc(Cl)cc1Oc1c(C(F)(F)C(F)(F)F)ncn(Cc2ccc(OCCO)c[n+]2[O-])c1=O. The van der Waals surface area contributed by atoms with E-state index in [-0.39, 0.29) is 45.5 Å². The van der Waals surface area contributed by atoms with Crippen LogP contribution in [0, 0.1) is 23.5 Å². The monoisotopic (exact) mass is 546 g/mol. The molecule has 2 aromatic heterocycles. The summed E-state index contributed by atoms with van der Waals surface area (Å²) in [5, 5.41) is 30.2. The van der Waals surface area contributed by atoms with Gasteiger partial charge < -0.3 is 19.8 Å². The molecule has 15 heteroatoms. The van der Waals surface area contributed by atoms with Crippen LogP contribution in [-0.4, -0.2) is 34.0 Å². The molecule has 37 heavy (non-hydrogen) atoms. The number of aliphatic hydroxyl groups is 1. The molecule has 0 atom stereocenters. The second-order valence-corrected chi connectivity index (χ2v) is 7.91. The molecule has 2 heterocycles. The highest BCUT2D eigenvalue weighted by Crippen LogP contribution is 2.46. The molecule has 0 spiro atoms. The number of rotatable bonds is 8. The molecule has 0 saturated carbocycles. The minimum Gasteiger partial charge on any atom is -0.618 e. The predicted molar refractivity (Wildman–Crippen MR) is 117 cm³/mol. The lowest BCUT2D eigenvalue weighted by Gasteiger charge is -2.22. The number of aliphatic hydroxyl groups excluding tert-OH is 1. The first-order chi connectivity index (χ1) is 17.3. The second-order valence-electron chi connectivity index (χ2n) is 7.47. The molecule has 0 amide bonds. The lowest BCUT2D eigenvalue weighted by atomic mass is 10.1. The maximum Gasteiger partial charge on any atom is 0.459 e. The molecular weight excluding hydrogens is 531 g/mol. The Morgan fingerprint density at radius 1 is 1.27 bits per heavy atom. The average Bonchev–Trinajstić information content (AvgIpc) is 2.82.